The average molecular weight is 346 g/mol. The highest BCUT2D eigenvalue weighted by Gasteiger charge is 2.23. The maximum Gasteiger partial charge on any atom is 0.204 e. The summed E-state index contributed by atoms with van der Waals surface area (Å²) in [6.45, 7) is 0. The number of methoxy groups -OCH3 is 2. The highest BCUT2D eigenvalue weighted by Crippen LogP contribution is 2.45. The van der Waals surface area contributed by atoms with Crippen molar-refractivity contribution in [2.45, 2.75) is 0 Å². The Morgan fingerprint density at radius 2 is 1.64 bits per heavy atom. The van der Waals surface area contributed by atoms with Crippen LogP contribution >= 0.6 is 0 Å². The van der Waals surface area contributed by atoms with Crippen molar-refractivity contribution in [2.75, 3.05) is 14.2 Å². The van der Waals surface area contributed by atoms with E-state index in [0.717, 1.165) is 12.1 Å². The van der Waals surface area contributed by atoms with Crippen LogP contribution in [0.15, 0.2) is 33.5 Å². The van der Waals surface area contributed by atoms with E-state index in [2.05, 4.69) is 0 Å². The summed E-state index contributed by atoms with van der Waals surface area (Å²) in [5.41, 5.74) is -0.921. The molecule has 8 nitrogen and oxygen atoms in total. The van der Waals surface area contributed by atoms with E-state index in [1.807, 2.05) is 0 Å². The molecule has 1 aromatic heterocycles. The molecule has 0 aliphatic rings. The maximum absolute atomic E-state index is 12.4. The molecule has 4 N–H and O–H groups in total. The van der Waals surface area contributed by atoms with Gasteiger partial charge in [-0.15, -0.1) is 0 Å². The van der Waals surface area contributed by atoms with E-state index in [-0.39, 0.29) is 33.8 Å². The predicted octanol–water partition coefficient (Wildman–Crippen LogP) is 2.30. The van der Waals surface area contributed by atoms with Gasteiger partial charge >= 0.3 is 0 Å². The summed E-state index contributed by atoms with van der Waals surface area (Å²) in [7, 11) is 2.59. The SMILES string of the molecule is COc1ccc(O)c(O)c1-c1cc(=O)c2c(O)cc(O)c(OC)c2o1. The van der Waals surface area contributed by atoms with Crippen molar-refractivity contribution in [1.82, 2.24) is 0 Å². The summed E-state index contributed by atoms with van der Waals surface area (Å²) in [4.78, 5) is 12.4. The van der Waals surface area contributed by atoms with Crippen molar-refractivity contribution in [3.8, 4) is 45.8 Å². The van der Waals surface area contributed by atoms with Crippen LogP contribution in [0.1, 0.15) is 0 Å². The molecule has 25 heavy (non-hydrogen) atoms. The molecule has 0 fully saturated rings. The van der Waals surface area contributed by atoms with Crippen LogP contribution < -0.4 is 14.9 Å². The van der Waals surface area contributed by atoms with Gasteiger partial charge in [-0.2, -0.15) is 0 Å². The minimum atomic E-state index is -0.642. The lowest BCUT2D eigenvalue weighted by Gasteiger charge is -2.13. The lowest BCUT2D eigenvalue weighted by atomic mass is 10.1. The van der Waals surface area contributed by atoms with Crippen LogP contribution in [-0.2, 0) is 0 Å². The first-order chi connectivity index (χ1) is 11.9. The predicted molar refractivity (Wildman–Crippen MR) is 87.7 cm³/mol. The second-order valence-electron chi connectivity index (χ2n) is 5.14. The summed E-state index contributed by atoms with van der Waals surface area (Å²) in [5.74, 6) is -2.08. The molecule has 0 aliphatic carbocycles. The van der Waals surface area contributed by atoms with Gasteiger partial charge in [0, 0.05) is 12.1 Å². The van der Waals surface area contributed by atoms with Gasteiger partial charge < -0.3 is 34.3 Å². The molecular weight excluding hydrogens is 332 g/mol. The van der Waals surface area contributed by atoms with E-state index in [1.54, 1.807) is 0 Å². The van der Waals surface area contributed by atoms with Crippen LogP contribution in [0, 0.1) is 0 Å². The highest BCUT2D eigenvalue weighted by atomic mass is 16.5. The molecule has 1 heterocycles. The molecule has 0 atom stereocenters. The van der Waals surface area contributed by atoms with Crippen molar-refractivity contribution < 1.29 is 34.3 Å². The summed E-state index contributed by atoms with van der Waals surface area (Å²) >= 11 is 0. The van der Waals surface area contributed by atoms with Gasteiger partial charge in [0.15, 0.2) is 28.3 Å². The van der Waals surface area contributed by atoms with Crippen LogP contribution in [0.25, 0.3) is 22.3 Å². The Bertz CT molecular complexity index is 1040. The topological polar surface area (TPSA) is 130 Å². The molecule has 0 amide bonds. The molecule has 0 spiro atoms. The second kappa shape index (κ2) is 5.82. The first kappa shape index (κ1) is 16.3. The quantitative estimate of drug-likeness (QED) is 0.532. The molecule has 3 aromatic rings. The Morgan fingerprint density at radius 3 is 2.28 bits per heavy atom. The van der Waals surface area contributed by atoms with Crippen LogP contribution in [0.3, 0.4) is 0 Å². The Labute approximate surface area is 140 Å². The van der Waals surface area contributed by atoms with E-state index < -0.39 is 28.4 Å². The van der Waals surface area contributed by atoms with Gasteiger partial charge in [0.1, 0.15) is 28.2 Å². The molecular formula is C17H14O8. The number of rotatable bonds is 3. The summed E-state index contributed by atoms with van der Waals surface area (Å²) in [6.07, 6.45) is 0. The van der Waals surface area contributed by atoms with Crippen LogP contribution in [0.2, 0.25) is 0 Å². The molecule has 8 heteroatoms. The van der Waals surface area contributed by atoms with Crippen molar-refractivity contribution in [2.24, 2.45) is 0 Å². The fourth-order valence-corrected chi connectivity index (χ4v) is 2.57. The number of fused-ring (bicyclic) bond motifs is 1. The van der Waals surface area contributed by atoms with Gasteiger partial charge in [0.2, 0.25) is 5.75 Å². The third-order valence-electron chi connectivity index (χ3n) is 3.70. The van der Waals surface area contributed by atoms with Crippen molar-refractivity contribution in [3.63, 3.8) is 0 Å². The number of hydrogen-bond acceptors (Lipinski definition) is 8. The third kappa shape index (κ3) is 2.44. The van der Waals surface area contributed by atoms with Gasteiger partial charge in [-0.1, -0.05) is 0 Å². The summed E-state index contributed by atoms with van der Waals surface area (Å²) in [5, 5.41) is 39.5. The Balaban J connectivity index is 2.45. The number of benzene rings is 2. The average Bonchev–Trinajstić information content (AvgIpc) is 2.56. The van der Waals surface area contributed by atoms with Gasteiger partial charge in [0.05, 0.1) is 14.2 Å². The molecule has 0 radical (unpaired) electrons. The monoisotopic (exact) mass is 346 g/mol. The minimum absolute atomic E-state index is 0.0635. The van der Waals surface area contributed by atoms with Gasteiger partial charge in [0.25, 0.3) is 0 Å². The number of phenols is 4. The minimum Gasteiger partial charge on any atom is -0.507 e. The van der Waals surface area contributed by atoms with Crippen molar-refractivity contribution in [3.05, 3.63) is 34.5 Å². The zero-order valence-corrected chi connectivity index (χ0v) is 13.2. The number of hydrogen-bond donors (Lipinski definition) is 4. The fourth-order valence-electron chi connectivity index (χ4n) is 2.57. The normalized spacial score (nSPS) is 10.8. The van der Waals surface area contributed by atoms with Gasteiger partial charge in [-0.05, 0) is 12.1 Å². The smallest absolute Gasteiger partial charge is 0.204 e. The molecule has 130 valence electrons. The van der Waals surface area contributed by atoms with Gasteiger partial charge in [-0.3, -0.25) is 4.79 Å². The molecule has 0 saturated carbocycles. The van der Waals surface area contributed by atoms with E-state index in [4.69, 9.17) is 13.9 Å². The maximum atomic E-state index is 12.4. The van der Waals surface area contributed by atoms with E-state index in [0.29, 0.717) is 0 Å². The second-order valence-corrected chi connectivity index (χ2v) is 5.14. The van der Waals surface area contributed by atoms with Crippen molar-refractivity contribution >= 4 is 11.0 Å². The number of ether oxygens (including phenoxy) is 2. The van der Waals surface area contributed by atoms with Crippen LogP contribution in [0.5, 0.6) is 34.5 Å². The zero-order valence-electron chi connectivity index (χ0n) is 13.2. The largest absolute Gasteiger partial charge is 0.507 e. The standard InChI is InChI=1S/C17H14O8/c1-23-11-4-3-7(18)15(22)14(11)12-6-9(20)13-8(19)5-10(21)16(24-2)17(13)25-12/h3-6,18-19,21-22H,1-2H3. The Kier molecular flexibility index (Phi) is 3.80. The first-order valence-corrected chi connectivity index (χ1v) is 7.05. The van der Waals surface area contributed by atoms with Gasteiger partial charge in [-0.25, -0.2) is 0 Å². The molecule has 3 rings (SSSR count). The van der Waals surface area contributed by atoms with E-state index >= 15 is 0 Å². The van der Waals surface area contributed by atoms with Crippen LogP contribution in [0.4, 0.5) is 0 Å². The molecule has 0 unspecified atom stereocenters. The molecule has 0 bridgehead atoms. The van der Waals surface area contributed by atoms with E-state index in [1.165, 1.54) is 26.4 Å². The summed E-state index contributed by atoms with van der Waals surface area (Å²) < 4.78 is 15.8. The Hall–Kier alpha value is -3.55. The van der Waals surface area contributed by atoms with E-state index in [9.17, 15) is 25.2 Å². The fraction of sp³-hybridized carbons (Fsp3) is 0.118. The third-order valence-corrected chi connectivity index (χ3v) is 3.70. The van der Waals surface area contributed by atoms with Crippen LogP contribution in [-0.4, -0.2) is 34.6 Å². The lowest BCUT2D eigenvalue weighted by molar-refractivity contribution is 0.366. The molecule has 0 aliphatic heterocycles. The Morgan fingerprint density at radius 1 is 0.920 bits per heavy atom. The first-order valence-electron chi connectivity index (χ1n) is 7.05. The zero-order chi connectivity index (χ0) is 18.3. The molecule has 0 saturated heterocycles. The number of phenolic OH excluding ortho intramolecular Hbond substituents is 4. The van der Waals surface area contributed by atoms with Crippen molar-refractivity contribution in [1.29, 1.82) is 0 Å². The summed E-state index contributed by atoms with van der Waals surface area (Å²) in [6, 6.07) is 4.58. The molecule has 2 aromatic carbocycles. The highest BCUT2D eigenvalue weighted by molar-refractivity contribution is 5.92. The lowest BCUT2D eigenvalue weighted by Crippen LogP contribution is -2.03. The number of aromatic hydroxyl groups is 4.